The van der Waals surface area contributed by atoms with Crippen LogP contribution in [0.3, 0.4) is 0 Å². The zero-order valence-electron chi connectivity index (χ0n) is 21.6. The number of para-hydroxylation sites is 1. The molecular weight excluding hydrogens is 503 g/mol. The van der Waals surface area contributed by atoms with Gasteiger partial charge < -0.3 is 29.8 Å². The number of nitrogens with one attached hydrogen (secondary N) is 1. The fraction of sp³-hybridized carbons (Fsp3) is 0.276. The van der Waals surface area contributed by atoms with E-state index in [1.54, 1.807) is 12.1 Å². The number of aromatic nitrogens is 1. The van der Waals surface area contributed by atoms with Crippen molar-refractivity contribution in [2.75, 3.05) is 24.7 Å². The first-order valence-corrected chi connectivity index (χ1v) is 12.6. The van der Waals surface area contributed by atoms with E-state index in [4.69, 9.17) is 19.6 Å². The quantitative estimate of drug-likeness (QED) is 0.240. The molecule has 5 rings (SSSR count). The molecule has 9 nitrogen and oxygen atoms in total. The number of aryl methyl sites for hydroxylation is 1. The van der Waals surface area contributed by atoms with Gasteiger partial charge >= 0.3 is 5.97 Å². The van der Waals surface area contributed by atoms with Gasteiger partial charge in [-0.2, -0.15) is 4.39 Å². The maximum absolute atomic E-state index is 15.6. The number of likely N-dealkylation sites (tertiary alicyclic amines) is 1. The van der Waals surface area contributed by atoms with Gasteiger partial charge in [0.2, 0.25) is 5.91 Å². The SMILES string of the molecule is COC(=O)c1ccc(OC(F)[C@@H]2CCCN2C(=O)C(Nc2ccccc2C)c2ccc3ncoc3c2)c(N)c1. The number of benzene rings is 3. The minimum atomic E-state index is -1.83. The largest absolute Gasteiger partial charge is 0.465 e. The van der Waals surface area contributed by atoms with Crippen LogP contribution in [-0.4, -0.2) is 47.8 Å². The van der Waals surface area contributed by atoms with Crippen LogP contribution >= 0.6 is 0 Å². The predicted octanol–water partition coefficient (Wildman–Crippen LogP) is 5.02. The zero-order valence-corrected chi connectivity index (χ0v) is 21.6. The number of nitrogens with two attached hydrogens (primary N) is 1. The van der Waals surface area contributed by atoms with Crippen LogP contribution in [0, 0.1) is 6.92 Å². The molecule has 0 saturated carbocycles. The first-order valence-electron chi connectivity index (χ1n) is 12.6. The summed E-state index contributed by atoms with van der Waals surface area (Å²) in [5.41, 5.74) is 9.97. The van der Waals surface area contributed by atoms with Crippen molar-refractivity contribution in [3.05, 3.63) is 83.7 Å². The van der Waals surface area contributed by atoms with Gasteiger partial charge in [0.15, 0.2) is 12.0 Å². The Morgan fingerprint density at radius 2 is 2.00 bits per heavy atom. The van der Waals surface area contributed by atoms with Gasteiger partial charge in [0.05, 0.1) is 24.4 Å². The third-order valence-corrected chi connectivity index (χ3v) is 6.94. The van der Waals surface area contributed by atoms with Gasteiger partial charge in [-0.3, -0.25) is 4.79 Å². The second-order valence-corrected chi connectivity index (χ2v) is 9.43. The van der Waals surface area contributed by atoms with Gasteiger partial charge in [-0.15, -0.1) is 0 Å². The highest BCUT2D eigenvalue weighted by atomic mass is 19.1. The summed E-state index contributed by atoms with van der Waals surface area (Å²) in [6.07, 6.45) is 0.560. The number of fused-ring (bicyclic) bond motifs is 1. The summed E-state index contributed by atoms with van der Waals surface area (Å²) in [5.74, 6) is -0.770. The highest BCUT2D eigenvalue weighted by Gasteiger charge is 2.40. The summed E-state index contributed by atoms with van der Waals surface area (Å²) >= 11 is 0. The Hall–Kier alpha value is -4.60. The molecule has 1 aliphatic heterocycles. The lowest BCUT2D eigenvalue weighted by Gasteiger charge is -2.32. The van der Waals surface area contributed by atoms with Crippen LogP contribution < -0.4 is 15.8 Å². The van der Waals surface area contributed by atoms with E-state index in [-0.39, 0.29) is 22.9 Å². The number of nitrogen functional groups attached to an aromatic ring is 1. The molecule has 1 saturated heterocycles. The third kappa shape index (κ3) is 5.36. The second-order valence-electron chi connectivity index (χ2n) is 9.43. The van der Waals surface area contributed by atoms with E-state index in [9.17, 15) is 9.59 Å². The molecular formula is C29H29FN4O5. The van der Waals surface area contributed by atoms with E-state index in [0.29, 0.717) is 36.0 Å². The number of oxazole rings is 1. The first-order chi connectivity index (χ1) is 18.9. The first kappa shape index (κ1) is 26.0. The zero-order chi connectivity index (χ0) is 27.5. The number of ether oxygens (including phenoxy) is 2. The molecule has 1 aromatic heterocycles. The van der Waals surface area contributed by atoms with Gasteiger partial charge in [-0.25, -0.2) is 9.78 Å². The lowest BCUT2D eigenvalue weighted by atomic mass is 10.0. The van der Waals surface area contributed by atoms with Crippen molar-refractivity contribution in [1.29, 1.82) is 0 Å². The van der Waals surface area contributed by atoms with Crippen molar-refractivity contribution in [2.45, 2.75) is 38.2 Å². The van der Waals surface area contributed by atoms with Gasteiger partial charge in [0, 0.05) is 12.2 Å². The molecule has 1 fully saturated rings. The molecule has 0 radical (unpaired) electrons. The molecule has 2 heterocycles. The molecule has 3 N–H and O–H groups in total. The molecule has 3 aromatic carbocycles. The van der Waals surface area contributed by atoms with Crippen LogP contribution in [-0.2, 0) is 9.53 Å². The third-order valence-electron chi connectivity index (χ3n) is 6.94. The van der Waals surface area contributed by atoms with Crippen LogP contribution in [0.1, 0.15) is 40.4 Å². The Morgan fingerprint density at radius 1 is 1.18 bits per heavy atom. The molecule has 39 heavy (non-hydrogen) atoms. The van der Waals surface area contributed by atoms with Gasteiger partial charge in [0.25, 0.3) is 6.36 Å². The van der Waals surface area contributed by atoms with Crippen molar-refractivity contribution < 1.29 is 27.9 Å². The summed E-state index contributed by atoms with van der Waals surface area (Å²) in [4.78, 5) is 31.5. The summed E-state index contributed by atoms with van der Waals surface area (Å²) in [6.45, 7) is 2.32. The number of alkyl halides is 1. The molecule has 1 amide bonds. The van der Waals surface area contributed by atoms with Crippen molar-refractivity contribution in [2.24, 2.45) is 0 Å². The number of carbonyl (C=O) groups excluding carboxylic acids is 2. The van der Waals surface area contributed by atoms with E-state index >= 15 is 4.39 Å². The number of nitrogens with zero attached hydrogens (tertiary/aromatic N) is 2. The normalized spacial score (nSPS) is 16.6. The summed E-state index contributed by atoms with van der Waals surface area (Å²) in [5, 5.41) is 3.36. The Kier molecular flexibility index (Phi) is 7.36. The van der Waals surface area contributed by atoms with Crippen molar-refractivity contribution in [3.8, 4) is 5.75 Å². The Labute approximate surface area is 224 Å². The van der Waals surface area contributed by atoms with Crippen LogP contribution in [0.2, 0.25) is 0 Å². The van der Waals surface area contributed by atoms with E-state index in [2.05, 4.69) is 10.3 Å². The lowest BCUT2D eigenvalue weighted by Crippen LogP contribution is -2.46. The number of amides is 1. The van der Waals surface area contributed by atoms with E-state index in [1.807, 2.05) is 37.3 Å². The molecule has 0 spiro atoms. The molecule has 4 aromatic rings. The fourth-order valence-electron chi connectivity index (χ4n) is 4.83. The van der Waals surface area contributed by atoms with Crippen molar-refractivity contribution in [1.82, 2.24) is 9.88 Å². The van der Waals surface area contributed by atoms with Crippen molar-refractivity contribution in [3.63, 3.8) is 0 Å². The molecule has 3 atom stereocenters. The Morgan fingerprint density at radius 3 is 2.77 bits per heavy atom. The predicted molar refractivity (Wildman–Crippen MR) is 144 cm³/mol. The monoisotopic (exact) mass is 532 g/mol. The van der Waals surface area contributed by atoms with E-state index in [0.717, 1.165) is 11.3 Å². The number of hydrogen-bond acceptors (Lipinski definition) is 8. The van der Waals surface area contributed by atoms with Crippen LogP contribution in [0.5, 0.6) is 5.75 Å². The molecule has 0 aliphatic carbocycles. The highest BCUT2D eigenvalue weighted by molar-refractivity contribution is 5.91. The number of hydrogen-bond donors (Lipinski definition) is 2. The number of esters is 1. The van der Waals surface area contributed by atoms with Crippen molar-refractivity contribution >= 4 is 34.4 Å². The number of methoxy groups -OCH3 is 1. The highest BCUT2D eigenvalue weighted by Crippen LogP contribution is 2.33. The van der Waals surface area contributed by atoms with E-state index < -0.39 is 24.4 Å². The number of anilines is 2. The maximum atomic E-state index is 15.6. The summed E-state index contributed by atoms with van der Waals surface area (Å²) in [7, 11) is 1.26. The molecule has 202 valence electrons. The lowest BCUT2D eigenvalue weighted by molar-refractivity contribution is -0.137. The van der Waals surface area contributed by atoms with Gasteiger partial charge in [-0.1, -0.05) is 24.3 Å². The average Bonchev–Trinajstić information content (AvgIpc) is 3.62. The second kappa shape index (κ2) is 11.0. The minimum absolute atomic E-state index is 0.0832. The van der Waals surface area contributed by atoms with Gasteiger partial charge in [0.1, 0.15) is 17.3 Å². The average molecular weight is 533 g/mol. The van der Waals surface area contributed by atoms with E-state index in [1.165, 1.54) is 36.6 Å². The Balaban J connectivity index is 1.40. The maximum Gasteiger partial charge on any atom is 0.337 e. The number of carbonyl (C=O) groups is 2. The Bertz CT molecular complexity index is 1510. The van der Waals surface area contributed by atoms with Crippen LogP contribution in [0.15, 0.2) is 71.5 Å². The smallest absolute Gasteiger partial charge is 0.337 e. The minimum Gasteiger partial charge on any atom is -0.465 e. The molecule has 10 heteroatoms. The summed E-state index contributed by atoms with van der Waals surface area (Å²) in [6, 6.07) is 15.6. The van der Waals surface area contributed by atoms with Gasteiger partial charge in [-0.05, 0) is 67.3 Å². The van der Waals surface area contributed by atoms with Crippen LogP contribution in [0.25, 0.3) is 11.1 Å². The van der Waals surface area contributed by atoms with Crippen LogP contribution in [0.4, 0.5) is 15.8 Å². The molecule has 0 bridgehead atoms. The molecule has 2 unspecified atom stereocenters. The molecule has 1 aliphatic rings. The fourth-order valence-corrected chi connectivity index (χ4v) is 4.83. The number of rotatable bonds is 8. The topological polar surface area (TPSA) is 120 Å². The standard InChI is InChI=1S/C29H29FN4O5/c1-17-6-3-4-7-21(17)33-26(18-9-11-22-25(15-18)38-16-32-22)28(35)34-13-5-8-23(34)27(30)39-24-12-10-19(14-20(24)31)29(36)37-2/h3-4,6-7,9-12,14-16,23,26-27,33H,5,8,13,31H2,1-2H3/t23-,26?,27?/m0/s1. The summed E-state index contributed by atoms with van der Waals surface area (Å²) < 4.78 is 31.4. The number of halogens is 1.